The molecule has 0 saturated heterocycles. The van der Waals surface area contributed by atoms with E-state index >= 15 is 0 Å². The lowest BCUT2D eigenvalue weighted by Gasteiger charge is -2.05. The molecular formula is C13H13ClFN3OS. The molecule has 20 heavy (non-hydrogen) atoms. The molecule has 1 amide bonds. The molecular weight excluding hydrogens is 301 g/mol. The van der Waals surface area contributed by atoms with Crippen LogP contribution in [0.3, 0.4) is 0 Å². The van der Waals surface area contributed by atoms with E-state index in [0.29, 0.717) is 5.13 Å². The van der Waals surface area contributed by atoms with Crippen molar-refractivity contribution in [3.63, 3.8) is 0 Å². The lowest BCUT2D eigenvalue weighted by molar-refractivity contribution is -0.115. The van der Waals surface area contributed by atoms with Crippen LogP contribution in [0.4, 0.5) is 9.52 Å². The Balaban J connectivity index is 2.01. The number of hydrogen-bond donors (Lipinski definition) is 1. The molecule has 1 heterocycles. The monoisotopic (exact) mass is 313 g/mol. The molecule has 0 aliphatic heterocycles. The first-order chi connectivity index (χ1) is 9.60. The van der Waals surface area contributed by atoms with Crippen molar-refractivity contribution in [2.75, 3.05) is 5.32 Å². The molecule has 1 N–H and O–H groups in total. The Kier molecular flexibility index (Phi) is 5.03. The number of hydrogen-bond acceptors (Lipinski definition) is 4. The Morgan fingerprint density at radius 3 is 2.95 bits per heavy atom. The normalized spacial score (nSPS) is 10.6. The first-order valence-electron chi connectivity index (χ1n) is 6.15. The van der Waals surface area contributed by atoms with Crippen molar-refractivity contribution in [1.29, 1.82) is 0 Å². The first-order valence-corrected chi connectivity index (χ1v) is 7.34. The van der Waals surface area contributed by atoms with Crippen LogP contribution in [0.2, 0.25) is 5.02 Å². The number of carbonyl (C=O) groups is 1. The molecule has 0 radical (unpaired) electrons. The van der Waals surface area contributed by atoms with E-state index < -0.39 is 5.82 Å². The number of nitrogens with zero attached hydrogens (tertiary/aromatic N) is 2. The topological polar surface area (TPSA) is 54.9 Å². The van der Waals surface area contributed by atoms with E-state index in [2.05, 4.69) is 15.5 Å². The molecule has 0 unspecified atom stereocenters. The maximum atomic E-state index is 13.6. The molecule has 0 fully saturated rings. The summed E-state index contributed by atoms with van der Waals surface area (Å²) in [5, 5.41) is 12.0. The molecule has 0 aliphatic carbocycles. The summed E-state index contributed by atoms with van der Waals surface area (Å²) in [6.45, 7) is 2.04. The van der Waals surface area contributed by atoms with Gasteiger partial charge in [-0.25, -0.2) is 4.39 Å². The minimum Gasteiger partial charge on any atom is -0.300 e. The van der Waals surface area contributed by atoms with Crippen molar-refractivity contribution in [2.24, 2.45) is 0 Å². The number of benzene rings is 1. The lowest BCUT2D eigenvalue weighted by atomic mass is 10.1. The van der Waals surface area contributed by atoms with Crippen molar-refractivity contribution in [3.05, 3.63) is 39.6 Å². The Hall–Kier alpha value is -1.53. The van der Waals surface area contributed by atoms with E-state index in [4.69, 9.17) is 11.6 Å². The van der Waals surface area contributed by atoms with Crippen LogP contribution in [0.5, 0.6) is 0 Å². The van der Waals surface area contributed by atoms with Gasteiger partial charge in [0, 0.05) is 17.0 Å². The fourth-order valence-electron chi connectivity index (χ4n) is 1.64. The third-order valence-corrected chi connectivity index (χ3v) is 3.83. The first kappa shape index (κ1) is 14.9. The van der Waals surface area contributed by atoms with Gasteiger partial charge >= 0.3 is 0 Å². The van der Waals surface area contributed by atoms with Crippen LogP contribution in [0, 0.1) is 5.82 Å². The summed E-state index contributed by atoms with van der Waals surface area (Å²) in [6, 6.07) is 4.33. The van der Waals surface area contributed by atoms with Crippen LogP contribution in [-0.4, -0.2) is 16.1 Å². The number of aromatic nitrogens is 2. The van der Waals surface area contributed by atoms with Gasteiger partial charge in [0.25, 0.3) is 0 Å². The summed E-state index contributed by atoms with van der Waals surface area (Å²) in [6.07, 6.45) is 1.66. The van der Waals surface area contributed by atoms with Gasteiger partial charge in [-0.15, -0.1) is 10.2 Å². The molecule has 4 nitrogen and oxygen atoms in total. The van der Waals surface area contributed by atoms with Gasteiger partial charge < -0.3 is 5.32 Å². The summed E-state index contributed by atoms with van der Waals surface area (Å²) in [5.74, 6) is -0.854. The fourth-order valence-corrected chi connectivity index (χ4v) is 2.73. The Morgan fingerprint density at radius 1 is 1.45 bits per heavy atom. The highest BCUT2D eigenvalue weighted by Gasteiger charge is 2.13. The third kappa shape index (κ3) is 3.74. The van der Waals surface area contributed by atoms with Crippen molar-refractivity contribution in [1.82, 2.24) is 10.2 Å². The van der Waals surface area contributed by atoms with Gasteiger partial charge in [-0.3, -0.25) is 4.79 Å². The second-order valence-corrected chi connectivity index (χ2v) is 5.65. The Bertz CT molecular complexity index is 597. The predicted molar refractivity (Wildman–Crippen MR) is 77.6 cm³/mol. The Labute approximate surface area is 125 Å². The van der Waals surface area contributed by atoms with Gasteiger partial charge in [0.05, 0.1) is 6.42 Å². The molecule has 0 bridgehead atoms. The molecule has 0 aliphatic rings. The van der Waals surface area contributed by atoms with Gasteiger partial charge in [0.15, 0.2) is 0 Å². The molecule has 2 aromatic rings. The van der Waals surface area contributed by atoms with Gasteiger partial charge in [-0.05, 0) is 18.6 Å². The minimum absolute atomic E-state index is 0.131. The van der Waals surface area contributed by atoms with Crippen molar-refractivity contribution < 1.29 is 9.18 Å². The van der Waals surface area contributed by atoms with E-state index in [9.17, 15) is 9.18 Å². The number of carbonyl (C=O) groups excluding carboxylic acids is 1. The zero-order valence-corrected chi connectivity index (χ0v) is 12.4. The van der Waals surface area contributed by atoms with Crippen LogP contribution in [0.25, 0.3) is 0 Å². The van der Waals surface area contributed by atoms with Crippen molar-refractivity contribution in [3.8, 4) is 0 Å². The summed E-state index contributed by atoms with van der Waals surface area (Å²) in [7, 11) is 0. The van der Waals surface area contributed by atoms with Crippen molar-refractivity contribution in [2.45, 2.75) is 26.2 Å². The van der Waals surface area contributed by atoms with Gasteiger partial charge in [-0.2, -0.15) is 0 Å². The van der Waals surface area contributed by atoms with Crippen LogP contribution >= 0.6 is 22.9 Å². The molecule has 2 rings (SSSR count). The largest absolute Gasteiger partial charge is 0.300 e. The smallest absolute Gasteiger partial charge is 0.230 e. The summed E-state index contributed by atoms with van der Waals surface area (Å²) in [5.41, 5.74) is 0.185. The highest BCUT2D eigenvalue weighted by Crippen LogP contribution is 2.21. The Morgan fingerprint density at radius 2 is 2.25 bits per heavy atom. The third-order valence-electron chi connectivity index (χ3n) is 2.58. The highest BCUT2D eigenvalue weighted by molar-refractivity contribution is 7.15. The average molecular weight is 314 g/mol. The van der Waals surface area contributed by atoms with E-state index in [0.717, 1.165) is 17.8 Å². The summed E-state index contributed by atoms with van der Waals surface area (Å²) in [4.78, 5) is 11.9. The van der Waals surface area contributed by atoms with Crippen molar-refractivity contribution >= 4 is 34.0 Å². The van der Waals surface area contributed by atoms with E-state index in [-0.39, 0.29) is 22.9 Å². The summed E-state index contributed by atoms with van der Waals surface area (Å²) < 4.78 is 13.6. The number of anilines is 1. The summed E-state index contributed by atoms with van der Waals surface area (Å²) >= 11 is 7.20. The molecule has 0 saturated carbocycles. The molecule has 0 spiro atoms. The van der Waals surface area contributed by atoms with E-state index in [1.807, 2.05) is 6.92 Å². The molecule has 1 aromatic carbocycles. The van der Waals surface area contributed by atoms with Crippen LogP contribution in [-0.2, 0) is 17.6 Å². The molecule has 0 atom stereocenters. The second kappa shape index (κ2) is 6.76. The predicted octanol–water partition coefficient (Wildman–Crippen LogP) is 3.46. The maximum absolute atomic E-state index is 13.6. The quantitative estimate of drug-likeness (QED) is 0.919. The van der Waals surface area contributed by atoms with Crippen LogP contribution in [0.1, 0.15) is 23.9 Å². The zero-order valence-electron chi connectivity index (χ0n) is 10.8. The van der Waals surface area contributed by atoms with Gasteiger partial charge in [-0.1, -0.05) is 35.9 Å². The number of amides is 1. The maximum Gasteiger partial charge on any atom is 0.230 e. The molecule has 7 heteroatoms. The number of rotatable bonds is 5. The minimum atomic E-state index is -0.489. The lowest BCUT2D eigenvalue weighted by Crippen LogP contribution is -2.15. The van der Waals surface area contributed by atoms with Gasteiger partial charge in [0.1, 0.15) is 10.8 Å². The van der Waals surface area contributed by atoms with Gasteiger partial charge in [0.2, 0.25) is 11.0 Å². The van der Waals surface area contributed by atoms with E-state index in [1.54, 1.807) is 6.07 Å². The standard InChI is InChI=1S/C13H13ClFN3OS/c1-2-4-12-17-18-13(20-12)16-11(19)7-8-9(14)5-3-6-10(8)15/h3,5-6H,2,4,7H2,1H3,(H,16,18,19). The zero-order chi connectivity index (χ0) is 14.5. The van der Waals surface area contributed by atoms with Crippen LogP contribution < -0.4 is 5.32 Å². The fraction of sp³-hybridized carbons (Fsp3) is 0.308. The highest BCUT2D eigenvalue weighted by atomic mass is 35.5. The second-order valence-electron chi connectivity index (χ2n) is 4.18. The van der Waals surface area contributed by atoms with E-state index in [1.165, 1.54) is 23.5 Å². The molecule has 106 valence electrons. The van der Waals surface area contributed by atoms with Crippen LogP contribution in [0.15, 0.2) is 18.2 Å². The average Bonchev–Trinajstić information content (AvgIpc) is 2.82. The molecule has 1 aromatic heterocycles. The SMILES string of the molecule is CCCc1nnc(NC(=O)Cc2c(F)cccc2Cl)s1. The number of nitrogens with one attached hydrogen (secondary N) is 1. The number of aryl methyl sites for hydroxylation is 1. The number of halogens is 2.